The highest BCUT2D eigenvalue weighted by molar-refractivity contribution is 6.00. The fourth-order valence-electron chi connectivity index (χ4n) is 3.19. The number of hydrogen-bond donors (Lipinski definition) is 2. The molecule has 0 aliphatic heterocycles. The van der Waals surface area contributed by atoms with Crippen LogP contribution in [0.15, 0.2) is 24.7 Å². The molecule has 0 saturated heterocycles. The van der Waals surface area contributed by atoms with Crippen LogP contribution in [0, 0.1) is 5.92 Å². The van der Waals surface area contributed by atoms with Crippen molar-refractivity contribution >= 4 is 17.5 Å². The van der Waals surface area contributed by atoms with E-state index in [1.807, 2.05) is 6.92 Å². The van der Waals surface area contributed by atoms with Crippen molar-refractivity contribution in [2.45, 2.75) is 38.1 Å². The second-order valence-electron chi connectivity index (χ2n) is 5.95. The number of rotatable bonds is 3. The third kappa shape index (κ3) is 2.43. The number of aliphatic carboxylic acids is 1. The highest BCUT2D eigenvalue weighted by Crippen LogP contribution is 2.34. The quantitative estimate of drug-likeness (QED) is 0.895. The largest absolute Gasteiger partial charge is 0.481 e. The number of carboxylic acid groups (broad SMARTS) is 1. The minimum Gasteiger partial charge on any atom is -0.481 e. The van der Waals surface area contributed by atoms with Crippen molar-refractivity contribution < 1.29 is 14.7 Å². The van der Waals surface area contributed by atoms with Crippen molar-refractivity contribution in [2.75, 3.05) is 0 Å². The van der Waals surface area contributed by atoms with Gasteiger partial charge in [-0.05, 0) is 25.8 Å². The smallest absolute Gasteiger partial charge is 0.308 e. The zero-order chi connectivity index (χ0) is 15.7. The molecule has 2 N–H and O–H groups in total. The predicted octanol–water partition coefficient (Wildman–Crippen LogP) is 1.49. The van der Waals surface area contributed by atoms with Gasteiger partial charge in [0.2, 0.25) is 0 Å². The van der Waals surface area contributed by atoms with Gasteiger partial charge >= 0.3 is 5.97 Å². The van der Waals surface area contributed by atoms with Gasteiger partial charge in [-0.1, -0.05) is 12.8 Å². The molecule has 2 atom stereocenters. The average molecular weight is 302 g/mol. The van der Waals surface area contributed by atoms with Crippen molar-refractivity contribution in [3.05, 3.63) is 30.2 Å². The second kappa shape index (κ2) is 5.40. The van der Waals surface area contributed by atoms with Crippen LogP contribution in [0.1, 0.15) is 43.0 Å². The molecule has 2 unspecified atom stereocenters. The lowest BCUT2D eigenvalue weighted by Gasteiger charge is -2.39. The maximum absolute atomic E-state index is 12.6. The second-order valence-corrected chi connectivity index (χ2v) is 5.95. The Morgan fingerprint density at radius 2 is 2.27 bits per heavy atom. The van der Waals surface area contributed by atoms with E-state index in [4.69, 9.17) is 0 Å². The van der Waals surface area contributed by atoms with Crippen LogP contribution in [0.25, 0.3) is 5.65 Å². The van der Waals surface area contributed by atoms with Crippen LogP contribution in [-0.2, 0) is 4.79 Å². The van der Waals surface area contributed by atoms with Gasteiger partial charge in [-0.25, -0.2) is 9.50 Å². The maximum atomic E-state index is 12.6. The monoisotopic (exact) mass is 302 g/mol. The number of carboxylic acids is 1. The normalized spacial score (nSPS) is 25.0. The van der Waals surface area contributed by atoms with Crippen LogP contribution in [0.3, 0.4) is 0 Å². The van der Waals surface area contributed by atoms with Gasteiger partial charge in [0.1, 0.15) is 5.56 Å². The van der Waals surface area contributed by atoms with Crippen LogP contribution < -0.4 is 5.32 Å². The Bertz CT molecular complexity index is 726. The number of carbonyl (C=O) groups is 2. The average Bonchev–Trinajstić information content (AvgIpc) is 2.91. The zero-order valence-electron chi connectivity index (χ0n) is 12.3. The molecular weight excluding hydrogens is 284 g/mol. The van der Waals surface area contributed by atoms with Gasteiger partial charge in [-0.2, -0.15) is 5.10 Å². The highest BCUT2D eigenvalue weighted by Gasteiger charge is 2.42. The summed E-state index contributed by atoms with van der Waals surface area (Å²) in [5, 5.41) is 16.4. The predicted molar refractivity (Wildman–Crippen MR) is 78.5 cm³/mol. The molecular formula is C15H18N4O3. The summed E-state index contributed by atoms with van der Waals surface area (Å²) >= 11 is 0. The first-order chi connectivity index (χ1) is 10.5. The molecule has 0 bridgehead atoms. The fourth-order valence-corrected chi connectivity index (χ4v) is 3.19. The van der Waals surface area contributed by atoms with Crippen molar-refractivity contribution in [2.24, 2.45) is 5.92 Å². The van der Waals surface area contributed by atoms with E-state index in [0.29, 0.717) is 24.1 Å². The Kier molecular flexibility index (Phi) is 3.56. The molecule has 1 amide bonds. The van der Waals surface area contributed by atoms with Crippen LogP contribution in [0.2, 0.25) is 0 Å². The van der Waals surface area contributed by atoms with E-state index in [9.17, 15) is 14.7 Å². The van der Waals surface area contributed by atoms with Gasteiger partial charge in [-0.15, -0.1) is 0 Å². The molecule has 7 nitrogen and oxygen atoms in total. The Hall–Kier alpha value is -2.44. The summed E-state index contributed by atoms with van der Waals surface area (Å²) in [6.07, 6.45) is 7.78. The van der Waals surface area contributed by atoms with Crippen molar-refractivity contribution in [3.8, 4) is 0 Å². The lowest BCUT2D eigenvalue weighted by atomic mass is 9.74. The molecule has 22 heavy (non-hydrogen) atoms. The number of hydrogen-bond acceptors (Lipinski definition) is 4. The highest BCUT2D eigenvalue weighted by atomic mass is 16.4. The third-order valence-corrected chi connectivity index (χ3v) is 4.43. The lowest BCUT2D eigenvalue weighted by molar-refractivity contribution is -0.145. The van der Waals surface area contributed by atoms with Gasteiger partial charge in [0, 0.05) is 12.4 Å². The minimum absolute atomic E-state index is 0.329. The lowest BCUT2D eigenvalue weighted by Crippen LogP contribution is -2.55. The summed E-state index contributed by atoms with van der Waals surface area (Å²) in [6, 6.07) is 1.73. The Labute approximate surface area is 127 Å². The molecule has 2 aromatic heterocycles. The summed E-state index contributed by atoms with van der Waals surface area (Å²) < 4.78 is 1.52. The minimum atomic E-state index is -0.861. The van der Waals surface area contributed by atoms with Crippen LogP contribution in [0.5, 0.6) is 0 Å². The Morgan fingerprint density at radius 1 is 1.45 bits per heavy atom. The zero-order valence-corrected chi connectivity index (χ0v) is 12.3. The van der Waals surface area contributed by atoms with Gasteiger partial charge in [0.05, 0.1) is 17.7 Å². The summed E-state index contributed by atoms with van der Waals surface area (Å²) in [5.41, 5.74) is 0.0762. The first-order valence-electron chi connectivity index (χ1n) is 7.35. The molecule has 1 fully saturated rings. The number of nitrogens with one attached hydrogen (secondary N) is 1. The van der Waals surface area contributed by atoms with Crippen molar-refractivity contribution in [3.63, 3.8) is 0 Å². The first kappa shape index (κ1) is 14.5. The van der Waals surface area contributed by atoms with Crippen LogP contribution in [0.4, 0.5) is 0 Å². The van der Waals surface area contributed by atoms with Gasteiger partial charge < -0.3 is 10.4 Å². The molecule has 0 spiro atoms. The molecule has 0 aromatic carbocycles. The third-order valence-electron chi connectivity index (χ3n) is 4.43. The summed E-state index contributed by atoms with van der Waals surface area (Å²) in [7, 11) is 0. The van der Waals surface area contributed by atoms with Crippen LogP contribution in [-0.4, -0.2) is 37.1 Å². The summed E-state index contributed by atoms with van der Waals surface area (Å²) in [4.78, 5) is 28.2. The molecule has 1 aliphatic carbocycles. The van der Waals surface area contributed by atoms with Crippen molar-refractivity contribution in [1.82, 2.24) is 19.9 Å². The molecule has 1 saturated carbocycles. The van der Waals surface area contributed by atoms with E-state index >= 15 is 0 Å². The topological polar surface area (TPSA) is 96.6 Å². The number of aromatic nitrogens is 3. The maximum Gasteiger partial charge on any atom is 0.308 e. The number of amides is 1. The standard InChI is InChI=1S/C15H18N4O3/c1-15(6-3-2-5-11(15)14(21)22)18-13(20)10-9-17-19-8-4-7-16-12(10)19/h4,7-9,11H,2-3,5-6H2,1H3,(H,18,20)(H,21,22). The van der Waals surface area contributed by atoms with E-state index in [1.54, 1.807) is 18.5 Å². The molecule has 2 aromatic rings. The number of carbonyl (C=O) groups excluding carboxylic acids is 1. The summed E-state index contributed by atoms with van der Waals surface area (Å²) in [6.45, 7) is 1.81. The molecule has 1 aliphatic rings. The molecule has 2 heterocycles. The van der Waals surface area contributed by atoms with E-state index in [2.05, 4.69) is 15.4 Å². The van der Waals surface area contributed by atoms with Gasteiger partial charge in [0.25, 0.3) is 5.91 Å². The molecule has 7 heteroatoms. The first-order valence-corrected chi connectivity index (χ1v) is 7.35. The van der Waals surface area contributed by atoms with E-state index in [0.717, 1.165) is 12.8 Å². The van der Waals surface area contributed by atoms with E-state index in [1.165, 1.54) is 10.7 Å². The Balaban J connectivity index is 1.88. The number of nitrogens with zero attached hydrogens (tertiary/aromatic N) is 3. The van der Waals surface area contributed by atoms with Crippen LogP contribution >= 0.6 is 0 Å². The molecule has 116 valence electrons. The van der Waals surface area contributed by atoms with Crippen molar-refractivity contribution in [1.29, 1.82) is 0 Å². The SMILES string of the molecule is CC1(NC(=O)c2cnn3cccnc23)CCCCC1C(=O)O. The van der Waals surface area contributed by atoms with E-state index in [-0.39, 0.29) is 5.91 Å². The van der Waals surface area contributed by atoms with Gasteiger partial charge in [0.15, 0.2) is 5.65 Å². The Morgan fingerprint density at radius 3 is 3.05 bits per heavy atom. The molecule has 0 radical (unpaired) electrons. The number of fused-ring (bicyclic) bond motifs is 1. The van der Waals surface area contributed by atoms with E-state index < -0.39 is 17.4 Å². The summed E-state index contributed by atoms with van der Waals surface area (Å²) in [5.74, 6) is -1.76. The van der Waals surface area contributed by atoms with Gasteiger partial charge in [-0.3, -0.25) is 9.59 Å². The molecule has 3 rings (SSSR count). The fraction of sp³-hybridized carbons (Fsp3) is 0.467.